The lowest BCUT2D eigenvalue weighted by molar-refractivity contribution is -0.185. The van der Waals surface area contributed by atoms with Crippen LogP contribution in [0.4, 0.5) is 0 Å². The third-order valence-corrected chi connectivity index (χ3v) is 7.95. The summed E-state index contributed by atoms with van der Waals surface area (Å²) in [4.78, 5) is 23.8. The maximum Gasteiger partial charge on any atom is 0.342 e. The molecule has 0 saturated carbocycles. The molecule has 1 unspecified atom stereocenters. The van der Waals surface area contributed by atoms with Crippen LogP contribution in [-0.4, -0.2) is 90.3 Å². The molecule has 0 amide bonds. The molecule has 0 radical (unpaired) electrons. The molecule has 0 aliphatic carbocycles. The number of fused-ring (bicyclic) bond motifs is 1. The smallest absolute Gasteiger partial charge is 0.342 e. The number of nitrogens with zero attached hydrogens (tertiary/aromatic N) is 1. The fourth-order valence-corrected chi connectivity index (χ4v) is 5.65. The summed E-state index contributed by atoms with van der Waals surface area (Å²) >= 11 is 0. The van der Waals surface area contributed by atoms with E-state index in [0.717, 1.165) is 19.6 Å². The molecule has 1 fully saturated rings. The summed E-state index contributed by atoms with van der Waals surface area (Å²) in [5, 5.41) is 12.1. The number of cyclic esters (lactones) is 1. The first kappa shape index (κ1) is 37.0. The van der Waals surface area contributed by atoms with Gasteiger partial charge in [-0.3, -0.25) is 4.90 Å². The van der Waals surface area contributed by atoms with Gasteiger partial charge in [-0.25, -0.2) is 4.79 Å². The van der Waals surface area contributed by atoms with E-state index in [1.807, 2.05) is 12.9 Å². The standard InChI is InChI=1S/C33H35NO10.C3H8.CH2O/c1-37-24-7-5-23(6-8-24)33(36)25(30(32(35)44-33)22-4-9-26-27(19-22)43-20-42-26)16-21-17-28(38-2)31(39-3)29(18-21)41-15-12-34-10-13-40-14-11-34;1-3-2;1-2/h4-9,17-19,36H,10-16,20H2,1-3H3;3H2,1-2H3;1H2. The Balaban J connectivity index is 0.00000103. The molecule has 49 heavy (non-hydrogen) atoms. The van der Waals surface area contributed by atoms with Crippen LogP contribution >= 0.6 is 0 Å². The highest BCUT2D eigenvalue weighted by molar-refractivity contribution is 6.20. The quantitative estimate of drug-likeness (QED) is 0.280. The zero-order chi connectivity index (χ0) is 35.4. The van der Waals surface area contributed by atoms with Crippen molar-refractivity contribution in [2.24, 2.45) is 0 Å². The fourth-order valence-electron chi connectivity index (χ4n) is 5.65. The number of ether oxygens (including phenoxy) is 8. The Kier molecular flexibility index (Phi) is 13.3. The minimum absolute atomic E-state index is 0.0882. The summed E-state index contributed by atoms with van der Waals surface area (Å²) in [5.74, 6) is 0.345. The van der Waals surface area contributed by atoms with Crippen LogP contribution in [0.2, 0.25) is 0 Å². The second-order valence-corrected chi connectivity index (χ2v) is 11.2. The molecule has 3 aromatic rings. The Bertz CT molecular complexity index is 1580. The predicted molar refractivity (Wildman–Crippen MR) is 182 cm³/mol. The monoisotopic (exact) mass is 679 g/mol. The van der Waals surface area contributed by atoms with Gasteiger partial charge in [-0.1, -0.05) is 26.3 Å². The molecule has 3 aliphatic rings. The van der Waals surface area contributed by atoms with Crippen molar-refractivity contribution in [2.45, 2.75) is 32.5 Å². The first-order chi connectivity index (χ1) is 23.8. The highest BCUT2D eigenvalue weighted by Gasteiger charge is 2.48. The van der Waals surface area contributed by atoms with Crippen molar-refractivity contribution < 1.29 is 52.6 Å². The molecule has 0 bridgehead atoms. The normalized spacial score (nSPS) is 18.0. The zero-order valence-corrected chi connectivity index (χ0v) is 28.7. The number of hydrogen-bond acceptors (Lipinski definition) is 12. The summed E-state index contributed by atoms with van der Waals surface area (Å²) in [6.07, 6.45) is 1.37. The number of hydrogen-bond donors (Lipinski definition) is 1. The lowest BCUT2D eigenvalue weighted by atomic mass is 9.88. The Hall–Kier alpha value is -4.78. The Labute approximate surface area is 287 Å². The SMILES string of the molecule is C=O.CCC.COc1ccc(C2(O)OC(=O)C(c3ccc4c(c3)OCO4)=C2Cc2cc(OC)c(OC)c(OCCN3CCOCC3)c2)cc1. The van der Waals surface area contributed by atoms with Gasteiger partial charge in [0.05, 0.1) is 40.1 Å². The zero-order valence-electron chi connectivity index (χ0n) is 28.7. The average molecular weight is 680 g/mol. The topological polar surface area (TPSA) is 131 Å². The number of carbonyl (C=O) groups is 2. The maximum atomic E-state index is 13.5. The molecule has 3 aliphatic heterocycles. The largest absolute Gasteiger partial charge is 0.497 e. The van der Waals surface area contributed by atoms with Crippen molar-refractivity contribution in [3.05, 3.63) is 76.9 Å². The van der Waals surface area contributed by atoms with Crippen LogP contribution in [-0.2, 0) is 31.3 Å². The Morgan fingerprint density at radius 2 is 1.55 bits per heavy atom. The summed E-state index contributed by atoms with van der Waals surface area (Å²) in [6.45, 7) is 10.6. The van der Waals surface area contributed by atoms with Crippen molar-refractivity contribution in [2.75, 3.05) is 67.6 Å². The van der Waals surface area contributed by atoms with Gasteiger partial charge in [-0.2, -0.15) is 0 Å². The van der Waals surface area contributed by atoms with Gasteiger partial charge in [-0.05, 0) is 59.7 Å². The van der Waals surface area contributed by atoms with Crippen molar-refractivity contribution in [3.8, 4) is 34.5 Å². The van der Waals surface area contributed by atoms with E-state index >= 15 is 0 Å². The molecule has 1 N–H and O–H groups in total. The Morgan fingerprint density at radius 1 is 0.878 bits per heavy atom. The second-order valence-electron chi connectivity index (χ2n) is 11.2. The maximum absolute atomic E-state index is 13.5. The number of carbonyl (C=O) groups excluding carboxylic acids is 2. The minimum Gasteiger partial charge on any atom is -0.497 e. The first-order valence-corrected chi connectivity index (χ1v) is 16.1. The van der Waals surface area contributed by atoms with Gasteiger partial charge in [0.25, 0.3) is 5.79 Å². The number of esters is 1. The fraction of sp³-hybridized carbons (Fsp3) is 0.405. The van der Waals surface area contributed by atoms with Crippen molar-refractivity contribution in [1.29, 1.82) is 0 Å². The van der Waals surface area contributed by atoms with Crippen LogP contribution in [0.3, 0.4) is 0 Å². The van der Waals surface area contributed by atoms with E-state index < -0.39 is 11.8 Å². The summed E-state index contributed by atoms with van der Waals surface area (Å²) in [6, 6.07) is 15.6. The highest BCUT2D eigenvalue weighted by atomic mass is 16.7. The minimum atomic E-state index is -2.06. The summed E-state index contributed by atoms with van der Waals surface area (Å²) in [7, 11) is 4.66. The van der Waals surface area contributed by atoms with Crippen LogP contribution in [0.5, 0.6) is 34.5 Å². The lowest BCUT2D eigenvalue weighted by Crippen LogP contribution is -2.38. The van der Waals surface area contributed by atoms with Gasteiger partial charge >= 0.3 is 5.97 Å². The molecule has 0 spiro atoms. The molecular formula is C37H45NO11. The van der Waals surface area contributed by atoms with Gasteiger partial charge in [-0.15, -0.1) is 0 Å². The molecule has 12 nitrogen and oxygen atoms in total. The number of morpholine rings is 1. The number of rotatable bonds is 11. The molecule has 264 valence electrons. The van der Waals surface area contributed by atoms with Crippen molar-refractivity contribution >= 4 is 18.3 Å². The third kappa shape index (κ3) is 8.45. The van der Waals surface area contributed by atoms with E-state index in [1.165, 1.54) is 6.42 Å². The van der Waals surface area contributed by atoms with Crippen LogP contribution in [0.15, 0.2) is 60.2 Å². The van der Waals surface area contributed by atoms with E-state index in [9.17, 15) is 9.90 Å². The first-order valence-electron chi connectivity index (χ1n) is 16.1. The van der Waals surface area contributed by atoms with Crippen LogP contribution in [0, 0.1) is 0 Å². The predicted octanol–water partition coefficient (Wildman–Crippen LogP) is 4.78. The van der Waals surface area contributed by atoms with Crippen molar-refractivity contribution in [3.63, 3.8) is 0 Å². The molecule has 12 heteroatoms. The average Bonchev–Trinajstić information content (AvgIpc) is 3.70. The van der Waals surface area contributed by atoms with E-state index in [-0.39, 0.29) is 18.8 Å². The van der Waals surface area contributed by atoms with Gasteiger partial charge in [0.15, 0.2) is 23.0 Å². The molecule has 1 atom stereocenters. The van der Waals surface area contributed by atoms with Crippen molar-refractivity contribution in [1.82, 2.24) is 4.90 Å². The van der Waals surface area contributed by atoms with Gasteiger partial charge in [0.1, 0.15) is 19.1 Å². The Morgan fingerprint density at radius 3 is 2.20 bits per heavy atom. The second kappa shape index (κ2) is 17.6. The van der Waals surface area contributed by atoms with Crippen LogP contribution in [0.25, 0.3) is 5.57 Å². The summed E-state index contributed by atoms with van der Waals surface area (Å²) in [5.41, 5.74) is 2.19. The molecule has 1 saturated heterocycles. The van der Waals surface area contributed by atoms with Gasteiger partial charge < -0.3 is 47.8 Å². The van der Waals surface area contributed by atoms with E-state index in [0.29, 0.717) is 76.6 Å². The van der Waals surface area contributed by atoms with E-state index in [4.69, 9.17) is 42.7 Å². The number of aliphatic hydroxyl groups is 1. The number of methoxy groups -OCH3 is 3. The third-order valence-electron chi connectivity index (χ3n) is 7.95. The molecular weight excluding hydrogens is 634 g/mol. The molecule has 6 rings (SSSR count). The lowest BCUT2D eigenvalue weighted by Gasteiger charge is -2.27. The molecule has 0 aromatic heterocycles. The number of benzene rings is 3. The molecule has 3 heterocycles. The summed E-state index contributed by atoms with van der Waals surface area (Å²) < 4.78 is 45.1. The van der Waals surface area contributed by atoms with E-state index in [1.54, 1.807) is 69.9 Å². The van der Waals surface area contributed by atoms with Crippen LogP contribution < -0.4 is 28.4 Å². The van der Waals surface area contributed by atoms with Crippen LogP contribution in [0.1, 0.15) is 37.0 Å². The van der Waals surface area contributed by atoms with Gasteiger partial charge in [0, 0.05) is 37.2 Å². The van der Waals surface area contributed by atoms with E-state index in [2.05, 4.69) is 18.7 Å². The van der Waals surface area contributed by atoms with Gasteiger partial charge in [0.2, 0.25) is 12.5 Å². The highest BCUT2D eigenvalue weighted by Crippen LogP contribution is 2.48. The molecule has 3 aromatic carbocycles.